The molecule has 1 saturated carbocycles. The van der Waals surface area contributed by atoms with Gasteiger partial charge < -0.3 is 5.32 Å². The highest BCUT2D eigenvalue weighted by Gasteiger charge is 2.44. The van der Waals surface area contributed by atoms with Crippen molar-refractivity contribution < 1.29 is 9.59 Å². The molecule has 3 aromatic rings. The van der Waals surface area contributed by atoms with Crippen molar-refractivity contribution in [3.63, 3.8) is 0 Å². The van der Waals surface area contributed by atoms with E-state index in [9.17, 15) is 9.59 Å². The van der Waals surface area contributed by atoms with Gasteiger partial charge in [0.1, 0.15) is 0 Å². The fourth-order valence-electron chi connectivity index (χ4n) is 3.97. The number of halogens is 1. The number of anilines is 1. The first-order valence-corrected chi connectivity index (χ1v) is 12.1. The topological polar surface area (TPSA) is 70.6 Å². The lowest BCUT2D eigenvalue weighted by Gasteiger charge is -2.19. The second kappa shape index (κ2) is 10.0. The van der Waals surface area contributed by atoms with Crippen LogP contribution in [0.1, 0.15) is 67.1 Å². The van der Waals surface area contributed by atoms with Crippen molar-refractivity contribution in [1.29, 1.82) is 0 Å². The summed E-state index contributed by atoms with van der Waals surface area (Å²) in [5.41, 5.74) is 8.09. The first-order chi connectivity index (χ1) is 16.6. The summed E-state index contributed by atoms with van der Waals surface area (Å²) in [6.45, 7) is 8.43. The van der Waals surface area contributed by atoms with Gasteiger partial charge in [-0.15, -0.1) is 0 Å². The molecule has 1 aliphatic carbocycles. The van der Waals surface area contributed by atoms with Gasteiger partial charge in [-0.25, -0.2) is 5.43 Å². The van der Waals surface area contributed by atoms with E-state index in [1.54, 1.807) is 24.3 Å². The Labute approximate surface area is 211 Å². The van der Waals surface area contributed by atoms with Crippen LogP contribution in [0.3, 0.4) is 0 Å². The Morgan fingerprint density at radius 3 is 2.09 bits per heavy atom. The minimum Gasteiger partial charge on any atom is -0.322 e. The predicted octanol–water partition coefficient (Wildman–Crippen LogP) is 6.53. The summed E-state index contributed by atoms with van der Waals surface area (Å²) in [5.74, 6) is -0.0549. The second-order valence-electron chi connectivity index (χ2n) is 10.0. The van der Waals surface area contributed by atoms with Crippen molar-refractivity contribution in [3.05, 3.63) is 100 Å². The fraction of sp³-hybridized carbons (Fsp3) is 0.276. The highest BCUT2D eigenvalue weighted by molar-refractivity contribution is 6.30. The molecule has 0 unspecified atom stereocenters. The SMILES string of the molecule is C/C(=N\NC(=O)[C@@H]1C[C@@H]1c1ccc(C(C)(C)C)cc1)c1ccc(NC(=O)c2ccc(Cl)cc2)cc1. The molecule has 1 aliphatic rings. The van der Waals surface area contributed by atoms with Crippen LogP contribution in [0.4, 0.5) is 5.69 Å². The summed E-state index contributed by atoms with van der Waals surface area (Å²) in [4.78, 5) is 25.0. The van der Waals surface area contributed by atoms with E-state index in [-0.39, 0.29) is 29.1 Å². The molecule has 2 amide bonds. The number of hydrazone groups is 1. The summed E-state index contributed by atoms with van der Waals surface area (Å²) in [7, 11) is 0. The molecular formula is C29H30ClN3O2. The van der Waals surface area contributed by atoms with Gasteiger partial charge in [-0.1, -0.05) is 68.8 Å². The van der Waals surface area contributed by atoms with Gasteiger partial charge in [-0.05, 0) is 77.8 Å². The molecule has 35 heavy (non-hydrogen) atoms. The van der Waals surface area contributed by atoms with E-state index in [2.05, 4.69) is 60.9 Å². The maximum absolute atomic E-state index is 12.6. The summed E-state index contributed by atoms with van der Waals surface area (Å²) < 4.78 is 0. The van der Waals surface area contributed by atoms with E-state index < -0.39 is 0 Å². The second-order valence-corrected chi connectivity index (χ2v) is 10.5. The van der Waals surface area contributed by atoms with Gasteiger partial charge in [0.2, 0.25) is 5.91 Å². The number of hydrogen-bond acceptors (Lipinski definition) is 3. The first kappa shape index (κ1) is 24.7. The van der Waals surface area contributed by atoms with Crippen LogP contribution in [0.5, 0.6) is 0 Å². The summed E-state index contributed by atoms with van der Waals surface area (Å²) in [5, 5.41) is 7.73. The Hall–Kier alpha value is -3.44. The number of hydrogen-bond donors (Lipinski definition) is 2. The van der Waals surface area contributed by atoms with Crippen molar-refractivity contribution in [2.24, 2.45) is 11.0 Å². The minimum atomic E-state index is -0.209. The Morgan fingerprint density at radius 2 is 1.49 bits per heavy atom. The zero-order chi connectivity index (χ0) is 25.2. The average Bonchev–Trinajstić information content (AvgIpc) is 3.64. The number of carbonyl (C=O) groups excluding carboxylic acids is 2. The number of carbonyl (C=O) groups is 2. The molecule has 6 heteroatoms. The first-order valence-electron chi connectivity index (χ1n) is 11.7. The van der Waals surface area contributed by atoms with Gasteiger partial charge in [0.15, 0.2) is 0 Å². The van der Waals surface area contributed by atoms with Gasteiger partial charge >= 0.3 is 0 Å². The number of nitrogens with zero attached hydrogens (tertiary/aromatic N) is 1. The van der Waals surface area contributed by atoms with Crippen molar-refractivity contribution in [2.75, 3.05) is 5.32 Å². The fourth-order valence-corrected chi connectivity index (χ4v) is 4.10. The highest BCUT2D eigenvalue weighted by atomic mass is 35.5. The summed E-state index contributed by atoms with van der Waals surface area (Å²) >= 11 is 5.87. The van der Waals surface area contributed by atoms with Crippen LogP contribution in [-0.4, -0.2) is 17.5 Å². The molecule has 0 aliphatic heterocycles. The Bertz CT molecular complexity index is 1240. The van der Waals surface area contributed by atoms with Gasteiger partial charge in [0.25, 0.3) is 5.91 Å². The molecular weight excluding hydrogens is 458 g/mol. The Morgan fingerprint density at radius 1 is 0.886 bits per heavy atom. The zero-order valence-electron chi connectivity index (χ0n) is 20.4. The van der Waals surface area contributed by atoms with Crippen molar-refractivity contribution in [3.8, 4) is 0 Å². The van der Waals surface area contributed by atoms with Crippen LogP contribution >= 0.6 is 11.6 Å². The molecule has 2 atom stereocenters. The number of amides is 2. The molecule has 5 nitrogen and oxygen atoms in total. The molecule has 3 aromatic carbocycles. The molecule has 0 saturated heterocycles. The maximum atomic E-state index is 12.6. The Balaban J connectivity index is 1.30. The number of benzene rings is 3. The highest BCUT2D eigenvalue weighted by Crippen LogP contribution is 2.47. The molecule has 0 aromatic heterocycles. The van der Waals surface area contributed by atoms with Crippen LogP contribution in [-0.2, 0) is 10.2 Å². The standard InChI is InChI=1S/C29H30ClN3O2/c1-18(19-9-15-24(16-10-19)31-27(34)21-7-13-23(30)14-8-21)32-33-28(35)26-17-25(26)20-5-11-22(12-6-20)29(2,3)4/h5-16,25-26H,17H2,1-4H3,(H,31,34)(H,33,35)/b32-18+/t25-,26-/m1/s1. The normalized spacial score (nSPS) is 17.6. The summed E-state index contributed by atoms with van der Waals surface area (Å²) in [6, 6.07) is 22.6. The smallest absolute Gasteiger partial charge is 0.255 e. The minimum absolute atomic E-state index is 0.0440. The van der Waals surface area contributed by atoms with Gasteiger partial charge in [0.05, 0.1) is 5.71 Å². The molecule has 0 bridgehead atoms. The molecule has 180 valence electrons. The van der Waals surface area contributed by atoms with Crippen LogP contribution in [0.25, 0.3) is 0 Å². The van der Waals surface area contributed by atoms with Crippen LogP contribution in [0.15, 0.2) is 77.9 Å². The largest absolute Gasteiger partial charge is 0.322 e. The van der Waals surface area contributed by atoms with Gasteiger partial charge in [0, 0.05) is 22.2 Å². The molecule has 0 spiro atoms. The van der Waals surface area contributed by atoms with E-state index in [1.165, 1.54) is 11.1 Å². The quantitative estimate of drug-likeness (QED) is 0.306. The van der Waals surface area contributed by atoms with Crippen molar-refractivity contribution >= 4 is 34.8 Å². The average molecular weight is 488 g/mol. The van der Waals surface area contributed by atoms with E-state index in [0.717, 1.165) is 12.0 Å². The van der Waals surface area contributed by atoms with Crippen molar-refractivity contribution in [2.45, 2.75) is 45.4 Å². The van der Waals surface area contributed by atoms with Crippen LogP contribution in [0, 0.1) is 5.92 Å². The lowest BCUT2D eigenvalue weighted by Crippen LogP contribution is -2.21. The van der Waals surface area contributed by atoms with E-state index >= 15 is 0 Å². The third-order valence-electron chi connectivity index (χ3n) is 6.33. The molecule has 4 rings (SSSR count). The summed E-state index contributed by atoms with van der Waals surface area (Å²) in [6.07, 6.45) is 0.845. The van der Waals surface area contributed by atoms with Gasteiger partial charge in [-0.3, -0.25) is 9.59 Å². The molecule has 2 N–H and O–H groups in total. The third kappa shape index (κ3) is 6.17. The monoisotopic (exact) mass is 487 g/mol. The van der Waals surface area contributed by atoms with Gasteiger partial charge in [-0.2, -0.15) is 5.10 Å². The lowest BCUT2D eigenvalue weighted by atomic mass is 9.86. The van der Waals surface area contributed by atoms with E-state index in [4.69, 9.17) is 11.6 Å². The number of rotatable bonds is 6. The number of nitrogens with one attached hydrogen (secondary N) is 2. The van der Waals surface area contributed by atoms with Crippen LogP contribution < -0.4 is 10.7 Å². The Kier molecular flexibility index (Phi) is 7.08. The van der Waals surface area contributed by atoms with Crippen molar-refractivity contribution in [1.82, 2.24) is 5.43 Å². The third-order valence-corrected chi connectivity index (χ3v) is 6.58. The zero-order valence-corrected chi connectivity index (χ0v) is 21.2. The predicted molar refractivity (Wildman–Crippen MR) is 142 cm³/mol. The van der Waals surface area contributed by atoms with E-state index in [0.29, 0.717) is 22.0 Å². The van der Waals surface area contributed by atoms with E-state index in [1.807, 2.05) is 31.2 Å². The molecule has 1 fully saturated rings. The van der Waals surface area contributed by atoms with Crippen LogP contribution in [0.2, 0.25) is 5.02 Å². The molecule has 0 radical (unpaired) electrons. The molecule has 0 heterocycles. The maximum Gasteiger partial charge on any atom is 0.255 e. The lowest BCUT2D eigenvalue weighted by molar-refractivity contribution is -0.122.